The number of carbonyl (C=O) groups is 1. The van der Waals surface area contributed by atoms with E-state index in [9.17, 15) is 4.79 Å². The van der Waals surface area contributed by atoms with Crippen molar-refractivity contribution in [2.24, 2.45) is 7.05 Å². The summed E-state index contributed by atoms with van der Waals surface area (Å²) in [6, 6.07) is 5.95. The summed E-state index contributed by atoms with van der Waals surface area (Å²) in [4.78, 5) is 24.9. The number of benzene rings is 2. The SMILES string of the molecule is Cn1cc2c(n1)CCc1c-2c2c(c3c1[nH]c1ccc(Oc4cnccn4)cc13)CNC2=O. The van der Waals surface area contributed by atoms with Crippen molar-refractivity contribution in [3.05, 3.63) is 65.4 Å². The number of nitrogens with one attached hydrogen (secondary N) is 2. The second-order valence-electron chi connectivity index (χ2n) is 8.28. The van der Waals surface area contributed by atoms with E-state index in [4.69, 9.17) is 4.74 Å². The maximum atomic E-state index is 13.0. The Kier molecular flexibility index (Phi) is 3.37. The van der Waals surface area contributed by atoms with Gasteiger partial charge < -0.3 is 15.0 Å². The number of hydrogen-bond donors (Lipinski definition) is 2. The van der Waals surface area contributed by atoms with E-state index in [2.05, 4.69) is 25.4 Å². The number of rotatable bonds is 2. The van der Waals surface area contributed by atoms with Gasteiger partial charge in [-0.1, -0.05) is 0 Å². The Morgan fingerprint density at radius 1 is 1.12 bits per heavy atom. The molecule has 0 fully saturated rings. The highest BCUT2D eigenvalue weighted by molar-refractivity contribution is 6.19. The minimum Gasteiger partial charge on any atom is -0.437 e. The Labute approximate surface area is 182 Å². The minimum atomic E-state index is -0.0174. The number of aromatic nitrogens is 5. The molecule has 2 aliphatic rings. The molecule has 1 aliphatic carbocycles. The molecule has 0 unspecified atom stereocenters. The van der Waals surface area contributed by atoms with E-state index in [-0.39, 0.29) is 5.91 Å². The normalized spacial score (nSPS) is 14.3. The molecule has 2 N–H and O–H groups in total. The molecule has 0 saturated heterocycles. The number of hydrogen-bond acceptors (Lipinski definition) is 5. The van der Waals surface area contributed by atoms with Crippen molar-refractivity contribution in [3.63, 3.8) is 0 Å². The van der Waals surface area contributed by atoms with Gasteiger partial charge in [-0.2, -0.15) is 5.10 Å². The van der Waals surface area contributed by atoms with Crippen LogP contribution in [0.2, 0.25) is 0 Å². The predicted octanol–water partition coefficient (Wildman–Crippen LogP) is 3.65. The summed E-state index contributed by atoms with van der Waals surface area (Å²) < 4.78 is 7.76. The first-order valence-corrected chi connectivity index (χ1v) is 10.6. The molecule has 0 bridgehead atoms. The lowest BCUT2D eigenvalue weighted by molar-refractivity contribution is 0.0966. The van der Waals surface area contributed by atoms with Gasteiger partial charge in [0.05, 0.1) is 23.0 Å². The van der Waals surface area contributed by atoms with E-state index in [1.165, 1.54) is 5.56 Å². The predicted molar refractivity (Wildman–Crippen MR) is 119 cm³/mol. The molecule has 0 radical (unpaired) electrons. The monoisotopic (exact) mass is 422 g/mol. The third-order valence-electron chi connectivity index (χ3n) is 6.43. The Hall–Kier alpha value is -4.20. The number of amides is 1. The number of fused-ring (bicyclic) bond motifs is 10. The molecule has 4 heterocycles. The lowest BCUT2D eigenvalue weighted by Crippen LogP contribution is -2.15. The van der Waals surface area contributed by atoms with Gasteiger partial charge in [-0.3, -0.25) is 14.5 Å². The molecule has 32 heavy (non-hydrogen) atoms. The first kappa shape index (κ1) is 17.5. The van der Waals surface area contributed by atoms with Crippen LogP contribution in [0, 0.1) is 0 Å². The van der Waals surface area contributed by atoms with Crippen LogP contribution in [0.1, 0.15) is 27.2 Å². The quantitative estimate of drug-likeness (QED) is 0.453. The van der Waals surface area contributed by atoms with Crippen LogP contribution in [0.15, 0.2) is 43.0 Å². The first-order valence-electron chi connectivity index (χ1n) is 10.6. The molecular weight excluding hydrogens is 404 g/mol. The Morgan fingerprint density at radius 3 is 2.94 bits per heavy atom. The minimum absolute atomic E-state index is 0.0174. The average molecular weight is 422 g/mol. The van der Waals surface area contributed by atoms with Crippen LogP contribution in [0.25, 0.3) is 32.9 Å². The van der Waals surface area contributed by atoms with Crippen molar-refractivity contribution < 1.29 is 9.53 Å². The number of aromatic amines is 1. The summed E-state index contributed by atoms with van der Waals surface area (Å²) in [5.41, 5.74) is 8.25. The lowest BCUT2D eigenvalue weighted by atomic mass is 9.83. The summed E-state index contributed by atoms with van der Waals surface area (Å²) in [6.45, 7) is 0.510. The maximum Gasteiger partial charge on any atom is 0.252 e. The van der Waals surface area contributed by atoms with Crippen molar-refractivity contribution in [2.45, 2.75) is 19.4 Å². The van der Waals surface area contributed by atoms with Crippen LogP contribution in [-0.4, -0.2) is 30.6 Å². The third-order valence-corrected chi connectivity index (χ3v) is 6.43. The van der Waals surface area contributed by atoms with Crippen LogP contribution >= 0.6 is 0 Å². The molecule has 3 aromatic heterocycles. The topological polar surface area (TPSA) is 97.7 Å². The highest BCUT2D eigenvalue weighted by Crippen LogP contribution is 2.45. The van der Waals surface area contributed by atoms with Gasteiger partial charge in [0.1, 0.15) is 5.75 Å². The van der Waals surface area contributed by atoms with E-state index < -0.39 is 0 Å². The van der Waals surface area contributed by atoms with Gasteiger partial charge in [0.2, 0.25) is 5.88 Å². The van der Waals surface area contributed by atoms with Crippen molar-refractivity contribution in [2.75, 3.05) is 0 Å². The molecule has 1 amide bonds. The number of H-pyrrole nitrogens is 1. The summed E-state index contributed by atoms with van der Waals surface area (Å²) in [7, 11) is 1.93. The molecule has 8 heteroatoms. The summed E-state index contributed by atoms with van der Waals surface area (Å²) >= 11 is 0. The van der Waals surface area contributed by atoms with E-state index in [0.29, 0.717) is 18.2 Å². The molecule has 5 aromatic rings. The molecular formula is C24H18N6O2. The van der Waals surface area contributed by atoms with Crippen LogP contribution in [-0.2, 0) is 26.4 Å². The Morgan fingerprint density at radius 2 is 2.06 bits per heavy atom. The summed E-state index contributed by atoms with van der Waals surface area (Å²) in [5, 5.41) is 9.79. The fraction of sp³-hybridized carbons (Fsp3) is 0.167. The second-order valence-corrected chi connectivity index (χ2v) is 8.28. The van der Waals surface area contributed by atoms with Gasteiger partial charge in [-0.05, 0) is 42.2 Å². The van der Waals surface area contributed by atoms with E-state index in [1.54, 1.807) is 18.6 Å². The Bertz CT molecular complexity index is 1580. The van der Waals surface area contributed by atoms with Crippen LogP contribution in [0.4, 0.5) is 0 Å². The molecule has 156 valence electrons. The van der Waals surface area contributed by atoms with Gasteiger partial charge in [0, 0.05) is 59.6 Å². The molecule has 2 aromatic carbocycles. The molecule has 7 rings (SSSR count). The van der Waals surface area contributed by atoms with Crippen molar-refractivity contribution >= 4 is 27.7 Å². The summed E-state index contributed by atoms with van der Waals surface area (Å²) in [5.74, 6) is 1.10. The number of nitrogens with zero attached hydrogens (tertiary/aromatic N) is 4. The van der Waals surface area contributed by atoms with E-state index >= 15 is 0 Å². The van der Waals surface area contributed by atoms with Crippen molar-refractivity contribution in [1.82, 2.24) is 30.0 Å². The van der Waals surface area contributed by atoms with Gasteiger partial charge >= 0.3 is 0 Å². The van der Waals surface area contributed by atoms with Crippen LogP contribution in [0.5, 0.6) is 11.6 Å². The van der Waals surface area contributed by atoms with Gasteiger partial charge in [0.15, 0.2) is 0 Å². The molecule has 0 saturated carbocycles. The largest absolute Gasteiger partial charge is 0.437 e. The van der Waals surface area contributed by atoms with Gasteiger partial charge in [-0.25, -0.2) is 4.98 Å². The fourth-order valence-electron chi connectivity index (χ4n) is 5.19. The first-order chi connectivity index (χ1) is 15.7. The van der Waals surface area contributed by atoms with E-state index in [0.717, 1.165) is 62.6 Å². The molecule has 0 atom stereocenters. The fourth-order valence-corrected chi connectivity index (χ4v) is 5.19. The highest BCUT2D eigenvalue weighted by Gasteiger charge is 2.34. The van der Waals surface area contributed by atoms with E-state index in [1.807, 2.05) is 36.1 Å². The van der Waals surface area contributed by atoms with Crippen LogP contribution in [0.3, 0.4) is 0 Å². The van der Waals surface area contributed by atoms with Gasteiger partial charge in [0.25, 0.3) is 5.91 Å². The summed E-state index contributed by atoms with van der Waals surface area (Å²) in [6.07, 6.45) is 8.52. The second kappa shape index (κ2) is 6.16. The van der Waals surface area contributed by atoms with Crippen LogP contribution < -0.4 is 10.1 Å². The van der Waals surface area contributed by atoms with Crippen molar-refractivity contribution in [3.8, 4) is 22.8 Å². The molecule has 1 aliphatic heterocycles. The third kappa shape index (κ3) is 2.31. The average Bonchev–Trinajstić information content (AvgIpc) is 3.48. The lowest BCUT2D eigenvalue weighted by Gasteiger charge is -2.19. The molecule has 0 spiro atoms. The zero-order chi connectivity index (χ0) is 21.4. The highest BCUT2D eigenvalue weighted by atomic mass is 16.5. The zero-order valence-electron chi connectivity index (χ0n) is 17.3. The van der Waals surface area contributed by atoms with Gasteiger partial charge in [-0.15, -0.1) is 0 Å². The zero-order valence-corrected chi connectivity index (χ0v) is 17.3. The number of ether oxygens (including phenoxy) is 1. The molecule has 8 nitrogen and oxygen atoms in total. The standard InChI is InChI=1S/C24H18N6O2/c1-30-11-16-18(29-30)5-3-13-20(16)22-15(9-27-24(22)31)21-14-8-12(2-4-17(14)28-23(13)21)32-19-10-25-6-7-26-19/h2,4,6-8,10-11,28H,3,5,9H2,1H3,(H,27,31). The Balaban J connectivity index is 1.52. The smallest absolute Gasteiger partial charge is 0.252 e. The maximum absolute atomic E-state index is 13.0. The van der Waals surface area contributed by atoms with Crippen molar-refractivity contribution in [1.29, 1.82) is 0 Å². The number of aryl methyl sites for hydroxylation is 3. The number of carbonyl (C=O) groups excluding carboxylic acids is 1.